The van der Waals surface area contributed by atoms with Crippen LogP contribution in [0.3, 0.4) is 0 Å². The van der Waals surface area contributed by atoms with Crippen LogP contribution in [0.4, 0.5) is 0 Å². The molecule has 0 aromatic heterocycles. The highest BCUT2D eigenvalue weighted by atomic mass is 16.5. The minimum Gasteiger partial charge on any atom is -0.491 e. The number of rotatable bonds is 7. The molecule has 0 saturated heterocycles. The molecule has 1 rings (SSSR count). The van der Waals surface area contributed by atoms with Gasteiger partial charge in [-0.1, -0.05) is 12.1 Å². The van der Waals surface area contributed by atoms with Gasteiger partial charge in [0, 0.05) is 20.0 Å². The molecular formula is C15H23NO3. The molecule has 4 heteroatoms. The molecule has 4 nitrogen and oxygen atoms in total. The third-order valence-corrected chi connectivity index (χ3v) is 2.40. The molecule has 1 aromatic rings. The molecule has 0 heterocycles. The van der Waals surface area contributed by atoms with Gasteiger partial charge in [-0.05, 0) is 38.5 Å². The second-order valence-corrected chi connectivity index (χ2v) is 4.86. The first-order valence-corrected chi connectivity index (χ1v) is 6.61. The fourth-order valence-corrected chi connectivity index (χ4v) is 1.75. The Labute approximate surface area is 115 Å². The average Bonchev–Trinajstić information content (AvgIpc) is 2.27. The topological polar surface area (TPSA) is 47.6 Å². The Balaban J connectivity index is 2.38. The van der Waals surface area contributed by atoms with Crippen molar-refractivity contribution in [2.75, 3.05) is 6.54 Å². The van der Waals surface area contributed by atoms with Gasteiger partial charge in [0.25, 0.3) is 0 Å². The predicted molar refractivity (Wildman–Crippen MR) is 75.1 cm³/mol. The molecule has 0 aliphatic carbocycles. The third kappa shape index (κ3) is 6.82. The first kappa shape index (κ1) is 15.5. The zero-order valence-corrected chi connectivity index (χ0v) is 12.1. The van der Waals surface area contributed by atoms with Crippen LogP contribution in [-0.2, 0) is 16.1 Å². The van der Waals surface area contributed by atoms with Gasteiger partial charge >= 0.3 is 5.97 Å². The van der Waals surface area contributed by atoms with Gasteiger partial charge < -0.3 is 14.8 Å². The van der Waals surface area contributed by atoms with Crippen LogP contribution in [0.1, 0.15) is 33.3 Å². The van der Waals surface area contributed by atoms with Crippen LogP contribution in [0.2, 0.25) is 0 Å². The lowest BCUT2D eigenvalue weighted by molar-refractivity contribution is -0.145. The number of ether oxygens (including phenoxy) is 2. The van der Waals surface area contributed by atoms with Crippen molar-refractivity contribution in [3.05, 3.63) is 29.8 Å². The summed E-state index contributed by atoms with van der Waals surface area (Å²) in [6, 6.07) is 7.98. The SMILES string of the molecule is CC(=O)OC(C)CNCc1cccc(OC(C)C)c1. The second-order valence-electron chi connectivity index (χ2n) is 4.86. The van der Waals surface area contributed by atoms with E-state index in [9.17, 15) is 4.79 Å². The summed E-state index contributed by atoms with van der Waals surface area (Å²) in [5.74, 6) is 0.629. The van der Waals surface area contributed by atoms with E-state index in [1.807, 2.05) is 45.0 Å². The average molecular weight is 265 g/mol. The maximum Gasteiger partial charge on any atom is 0.302 e. The Morgan fingerprint density at radius 2 is 2.05 bits per heavy atom. The number of carbonyl (C=O) groups excluding carboxylic acids is 1. The summed E-state index contributed by atoms with van der Waals surface area (Å²) >= 11 is 0. The molecule has 1 N–H and O–H groups in total. The van der Waals surface area contributed by atoms with E-state index < -0.39 is 0 Å². The van der Waals surface area contributed by atoms with Gasteiger partial charge in [0.2, 0.25) is 0 Å². The minimum atomic E-state index is -0.248. The van der Waals surface area contributed by atoms with E-state index >= 15 is 0 Å². The molecule has 106 valence electrons. The number of benzene rings is 1. The molecular weight excluding hydrogens is 242 g/mol. The van der Waals surface area contributed by atoms with E-state index in [4.69, 9.17) is 9.47 Å². The maximum atomic E-state index is 10.8. The third-order valence-electron chi connectivity index (χ3n) is 2.40. The quantitative estimate of drug-likeness (QED) is 0.770. The molecule has 0 saturated carbocycles. The van der Waals surface area contributed by atoms with Crippen LogP contribution in [0, 0.1) is 0 Å². The normalized spacial score (nSPS) is 12.3. The summed E-state index contributed by atoms with van der Waals surface area (Å²) in [6.45, 7) is 8.66. The van der Waals surface area contributed by atoms with Crippen molar-refractivity contribution < 1.29 is 14.3 Å². The number of nitrogens with one attached hydrogen (secondary N) is 1. The molecule has 1 atom stereocenters. The molecule has 0 bridgehead atoms. The standard InChI is InChI=1S/C15H23NO3/c1-11(2)18-15-7-5-6-14(8-15)10-16-9-12(3)19-13(4)17/h5-8,11-12,16H,9-10H2,1-4H3. The van der Waals surface area contributed by atoms with Gasteiger partial charge in [-0.2, -0.15) is 0 Å². The Morgan fingerprint density at radius 1 is 1.32 bits per heavy atom. The molecule has 1 unspecified atom stereocenters. The first-order chi connectivity index (χ1) is 8.97. The van der Waals surface area contributed by atoms with Crippen molar-refractivity contribution in [3.8, 4) is 5.75 Å². The molecule has 0 radical (unpaired) electrons. The fraction of sp³-hybridized carbons (Fsp3) is 0.533. The van der Waals surface area contributed by atoms with Crippen LogP contribution in [0.5, 0.6) is 5.75 Å². The largest absolute Gasteiger partial charge is 0.491 e. The van der Waals surface area contributed by atoms with E-state index in [0.717, 1.165) is 17.9 Å². The predicted octanol–water partition coefficient (Wildman–Crippen LogP) is 2.52. The van der Waals surface area contributed by atoms with Crippen LogP contribution >= 0.6 is 0 Å². The summed E-state index contributed by atoms with van der Waals surface area (Å²) in [7, 11) is 0. The highest BCUT2D eigenvalue weighted by molar-refractivity contribution is 5.66. The molecule has 0 amide bonds. The van der Waals surface area contributed by atoms with Crippen molar-refractivity contribution in [2.24, 2.45) is 0 Å². The van der Waals surface area contributed by atoms with Gasteiger partial charge in [0.05, 0.1) is 6.10 Å². The second kappa shape index (κ2) is 7.79. The van der Waals surface area contributed by atoms with Crippen molar-refractivity contribution in [3.63, 3.8) is 0 Å². The molecule has 0 aliphatic rings. The Kier molecular flexibility index (Phi) is 6.36. The van der Waals surface area contributed by atoms with Crippen LogP contribution < -0.4 is 10.1 Å². The van der Waals surface area contributed by atoms with Crippen molar-refractivity contribution in [1.29, 1.82) is 0 Å². The number of hydrogen-bond acceptors (Lipinski definition) is 4. The summed E-state index contributed by atoms with van der Waals surface area (Å²) in [4.78, 5) is 10.8. The highest BCUT2D eigenvalue weighted by Gasteiger charge is 2.05. The Hall–Kier alpha value is -1.55. The van der Waals surface area contributed by atoms with Gasteiger partial charge in [0.15, 0.2) is 0 Å². The van der Waals surface area contributed by atoms with Crippen LogP contribution in [0.15, 0.2) is 24.3 Å². The van der Waals surface area contributed by atoms with Crippen molar-refractivity contribution >= 4 is 5.97 Å². The number of carbonyl (C=O) groups is 1. The van der Waals surface area contributed by atoms with Crippen molar-refractivity contribution in [1.82, 2.24) is 5.32 Å². The summed E-state index contributed by atoms with van der Waals surface area (Å²) in [6.07, 6.45) is 0.0554. The lowest BCUT2D eigenvalue weighted by atomic mass is 10.2. The van der Waals surface area contributed by atoms with E-state index in [1.54, 1.807) is 0 Å². The molecule has 1 aromatic carbocycles. The van der Waals surface area contributed by atoms with Crippen LogP contribution in [-0.4, -0.2) is 24.7 Å². The molecule has 0 spiro atoms. The van der Waals surface area contributed by atoms with Gasteiger partial charge in [0.1, 0.15) is 11.9 Å². The lowest BCUT2D eigenvalue weighted by Gasteiger charge is -2.14. The Bertz CT molecular complexity index is 404. The maximum absolute atomic E-state index is 10.8. The molecule has 0 aliphatic heterocycles. The molecule has 19 heavy (non-hydrogen) atoms. The summed E-state index contributed by atoms with van der Waals surface area (Å²) in [5, 5.41) is 3.25. The number of hydrogen-bond donors (Lipinski definition) is 1. The van der Waals surface area contributed by atoms with Gasteiger partial charge in [-0.15, -0.1) is 0 Å². The van der Waals surface area contributed by atoms with E-state index in [-0.39, 0.29) is 18.2 Å². The Morgan fingerprint density at radius 3 is 2.68 bits per heavy atom. The van der Waals surface area contributed by atoms with E-state index in [2.05, 4.69) is 5.32 Å². The monoisotopic (exact) mass is 265 g/mol. The summed E-state index contributed by atoms with van der Waals surface area (Å²) < 4.78 is 10.7. The zero-order chi connectivity index (χ0) is 14.3. The van der Waals surface area contributed by atoms with E-state index in [0.29, 0.717) is 6.54 Å². The summed E-state index contributed by atoms with van der Waals surface area (Å²) in [5.41, 5.74) is 1.15. The van der Waals surface area contributed by atoms with Crippen molar-refractivity contribution in [2.45, 2.75) is 46.4 Å². The smallest absolute Gasteiger partial charge is 0.302 e. The first-order valence-electron chi connectivity index (χ1n) is 6.61. The number of esters is 1. The molecule has 0 fully saturated rings. The van der Waals surface area contributed by atoms with Gasteiger partial charge in [-0.25, -0.2) is 0 Å². The van der Waals surface area contributed by atoms with Crippen LogP contribution in [0.25, 0.3) is 0 Å². The van der Waals surface area contributed by atoms with Gasteiger partial charge in [-0.3, -0.25) is 4.79 Å². The van der Waals surface area contributed by atoms with E-state index in [1.165, 1.54) is 6.92 Å². The fourth-order valence-electron chi connectivity index (χ4n) is 1.75. The highest BCUT2D eigenvalue weighted by Crippen LogP contribution is 2.14. The lowest BCUT2D eigenvalue weighted by Crippen LogP contribution is -2.27. The minimum absolute atomic E-state index is 0.118. The zero-order valence-electron chi connectivity index (χ0n) is 12.1.